The van der Waals surface area contributed by atoms with Crippen LogP contribution in [0.2, 0.25) is 0 Å². The van der Waals surface area contributed by atoms with Crippen LogP contribution >= 0.6 is 11.8 Å². The summed E-state index contributed by atoms with van der Waals surface area (Å²) in [5.41, 5.74) is 0. The lowest BCUT2D eigenvalue weighted by Crippen LogP contribution is -2.09. The third-order valence-electron chi connectivity index (χ3n) is 3.26. The summed E-state index contributed by atoms with van der Waals surface area (Å²) in [6, 6.07) is 1.95. The van der Waals surface area contributed by atoms with Crippen molar-refractivity contribution in [2.45, 2.75) is 56.5 Å². The van der Waals surface area contributed by atoms with Gasteiger partial charge in [0.25, 0.3) is 0 Å². The maximum absolute atomic E-state index is 4.55. The van der Waals surface area contributed by atoms with Crippen molar-refractivity contribution in [3.8, 4) is 0 Å². The molecule has 1 aliphatic rings. The van der Waals surface area contributed by atoms with Gasteiger partial charge in [-0.2, -0.15) is 11.8 Å². The van der Waals surface area contributed by atoms with Gasteiger partial charge in [-0.05, 0) is 25.3 Å². The zero-order valence-electron chi connectivity index (χ0n) is 11.2. The highest BCUT2D eigenvalue weighted by Gasteiger charge is 2.14. The Morgan fingerprint density at radius 3 is 2.94 bits per heavy atom. The van der Waals surface area contributed by atoms with E-state index in [2.05, 4.69) is 22.2 Å². The molecule has 0 radical (unpaired) electrons. The molecule has 1 fully saturated rings. The summed E-state index contributed by atoms with van der Waals surface area (Å²) in [5.74, 6) is 2.88. The Kier molecular flexibility index (Phi) is 5.78. The Labute approximate surface area is 114 Å². The maximum atomic E-state index is 4.55. The highest BCUT2D eigenvalue weighted by Crippen LogP contribution is 2.29. The Hall–Kier alpha value is -0.770. The summed E-state index contributed by atoms with van der Waals surface area (Å²) < 4.78 is 0. The first-order valence-corrected chi connectivity index (χ1v) is 8.10. The van der Waals surface area contributed by atoms with Gasteiger partial charge in [-0.1, -0.05) is 26.2 Å². The molecular formula is C14H23N3S. The lowest BCUT2D eigenvalue weighted by atomic mass is 10.0. The molecule has 3 nitrogen and oxygen atoms in total. The van der Waals surface area contributed by atoms with Crippen molar-refractivity contribution >= 4 is 17.6 Å². The average Bonchev–Trinajstić information content (AvgIpc) is 2.44. The zero-order valence-corrected chi connectivity index (χ0v) is 12.0. The Morgan fingerprint density at radius 1 is 1.33 bits per heavy atom. The van der Waals surface area contributed by atoms with Gasteiger partial charge in [-0.15, -0.1) is 0 Å². The first-order valence-electron chi connectivity index (χ1n) is 7.06. The number of hydrogen-bond donors (Lipinski definition) is 1. The molecule has 0 unspecified atom stereocenters. The van der Waals surface area contributed by atoms with Gasteiger partial charge < -0.3 is 5.32 Å². The zero-order chi connectivity index (χ0) is 12.6. The van der Waals surface area contributed by atoms with Crippen molar-refractivity contribution in [2.75, 3.05) is 11.9 Å². The minimum absolute atomic E-state index is 0.828. The first kappa shape index (κ1) is 13.7. The number of thioether (sulfide) groups is 1. The molecule has 2 rings (SSSR count). The molecule has 0 atom stereocenters. The van der Waals surface area contributed by atoms with Gasteiger partial charge in [0.1, 0.15) is 11.6 Å². The van der Waals surface area contributed by atoms with Gasteiger partial charge in [0.05, 0.1) is 5.75 Å². The van der Waals surface area contributed by atoms with E-state index in [4.69, 9.17) is 0 Å². The Balaban J connectivity index is 1.80. The van der Waals surface area contributed by atoms with Crippen molar-refractivity contribution in [3.63, 3.8) is 0 Å². The van der Waals surface area contributed by atoms with Crippen LogP contribution in [0.1, 0.15) is 51.3 Å². The van der Waals surface area contributed by atoms with E-state index in [1.807, 2.05) is 24.0 Å². The number of hydrogen-bond acceptors (Lipinski definition) is 4. The summed E-state index contributed by atoms with van der Waals surface area (Å²) in [6.45, 7) is 3.14. The molecule has 1 heterocycles. The SMILES string of the molecule is CCCNc1ccnc(CSC2CCCCC2)n1. The minimum Gasteiger partial charge on any atom is -0.370 e. The highest BCUT2D eigenvalue weighted by molar-refractivity contribution is 7.99. The Bertz CT molecular complexity index is 351. The maximum Gasteiger partial charge on any atom is 0.140 e. The molecule has 0 aliphatic heterocycles. The normalized spacial score (nSPS) is 16.7. The molecule has 100 valence electrons. The highest BCUT2D eigenvalue weighted by atomic mass is 32.2. The quantitative estimate of drug-likeness (QED) is 0.847. The van der Waals surface area contributed by atoms with Crippen molar-refractivity contribution in [1.29, 1.82) is 0 Å². The standard InChI is InChI=1S/C14H23N3S/c1-2-9-15-13-8-10-16-14(17-13)11-18-12-6-4-3-5-7-12/h8,10,12H,2-7,9,11H2,1H3,(H,15,16,17). The second-order valence-electron chi connectivity index (χ2n) is 4.86. The predicted molar refractivity (Wildman–Crippen MR) is 79.0 cm³/mol. The largest absolute Gasteiger partial charge is 0.370 e. The van der Waals surface area contributed by atoms with Crippen LogP contribution in [-0.4, -0.2) is 21.8 Å². The molecule has 4 heteroatoms. The minimum atomic E-state index is 0.828. The second kappa shape index (κ2) is 7.62. The molecule has 0 spiro atoms. The Morgan fingerprint density at radius 2 is 2.17 bits per heavy atom. The van der Waals surface area contributed by atoms with Crippen LogP contribution in [0.3, 0.4) is 0 Å². The molecular weight excluding hydrogens is 242 g/mol. The number of nitrogens with one attached hydrogen (secondary N) is 1. The van der Waals surface area contributed by atoms with Crippen LogP contribution in [-0.2, 0) is 5.75 Å². The fourth-order valence-electron chi connectivity index (χ4n) is 2.24. The number of aromatic nitrogens is 2. The molecule has 1 aromatic heterocycles. The van der Waals surface area contributed by atoms with E-state index in [1.54, 1.807) is 0 Å². The summed E-state index contributed by atoms with van der Waals surface area (Å²) in [4.78, 5) is 8.91. The van der Waals surface area contributed by atoms with E-state index in [1.165, 1.54) is 32.1 Å². The number of nitrogens with zero attached hydrogens (tertiary/aromatic N) is 2. The van der Waals surface area contributed by atoms with E-state index in [0.717, 1.165) is 35.6 Å². The molecule has 1 aromatic rings. The second-order valence-corrected chi connectivity index (χ2v) is 6.14. The van der Waals surface area contributed by atoms with Crippen LogP contribution in [0.15, 0.2) is 12.3 Å². The van der Waals surface area contributed by atoms with Gasteiger partial charge in [0.2, 0.25) is 0 Å². The number of anilines is 1. The molecule has 0 bridgehead atoms. The molecule has 1 saturated carbocycles. The third-order valence-corrected chi connectivity index (χ3v) is 4.63. The lowest BCUT2D eigenvalue weighted by molar-refractivity contribution is 0.516. The fraction of sp³-hybridized carbons (Fsp3) is 0.714. The van der Waals surface area contributed by atoms with Crippen molar-refractivity contribution in [3.05, 3.63) is 18.1 Å². The first-order chi connectivity index (χ1) is 8.88. The summed E-state index contributed by atoms with van der Waals surface area (Å²) in [5, 5.41) is 4.14. The molecule has 0 amide bonds. The van der Waals surface area contributed by atoms with Gasteiger partial charge in [0.15, 0.2) is 0 Å². The van der Waals surface area contributed by atoms with Crippen molar-refractivity contribution < 1.29 is 0 Å². The van der Waals surface area contributed by atoms with Crippen molar-refractivity contribution in [1.82, 2.24) is 9.97 Å². The topological polar surface area (TPSA) is 37.8 Å². The van der Waals surface area contributed by atoms with Gasteiger partial charge in [-0.3, -0.25) is 0 Å². The van der Waals surface area contributed by atoms with E-state index < -0.39 is 0 Å². The van der Waals surface area contributed by atoms with Crippen LogP contribution in [0.25, 0.3) is 0 Å². The van der Waals surface area contributed by atoms with Gasteiger partial charge in [-0.25, -0.2) is 9.97 Å². The molecule has 0 saturated heterocycles. The van der Waals surface area contributed by atoms with Crippen molar-refractivity contribution in [2.24, 2.45) is 0 Å². The molecule has 1 aliphatic carbocycles. The van der Waals surface area contributed by atoms with Crippen LogP contribution in [0.5, 0.6) is 0 Å². The fourth-order valence-corrected chi connectivity index (χ4v) is 3.43. The summed E-state index contributed by atoms with van der Waals surface area (Å²) >= 11 is 2.03. The van der Waals surface area contributed by atoms with Crippen LogP contribution < -0.4 is 5.32 Å². The van der Waals surface area contributed by atoms with E-state index in [0.29, 0.717) is 0 Å². The van der Waals surface area contributed by atoms with Crippen LogP contribution in [0.4, 0.5) is 5.82 Å². The van der Waals surface area contributed by atoms with E-state index in [-0.39, 0.29) is 0 Å². The van der Waals surface area contributed by atoms with Gasteiger partial charge >= 0.3 is 0 Å². The molecule has 1 N–H and O–H groups in total. The summed E-state index contributed by atoms with van der Waals surface area (Å²) in [7, 11) is 0. The lowest BCUT2D eigenvalue weighted by Gasteiger charge is -2.20. The number of rotatable bonds is 6. The van der Waals surface area contributed by atoms with Gasteiger partial charge in [0, 0.05) is 18.0 Å². The molecule has 18 heavy (non-hydrogen) atoms. The monoisotopic (exact) mass is 265 g/mol. The predicted octanol–water partition coefficient (Wildman–Crippen LogP) is 3.86. The molecule has 0 aromatic carbocycles. The van der Waals surface area contributed by atoms with Crippen LogP contribution in [0, 0.1) is 0 Å². The summed E-state index contributed by atoms with van der Waals surface area (Å²) in [6.07, 6.45) is 9.95. The smallest absolute Gasteiger partial charge is 0.140 e. The third kappa shape index (κ3) is 4.48. The van der Waals surface area contributed by atoms with E-state index in [9.17, 15) is 0 Å². The van der Waals surface area contributed by atoms with E-state index >= 15 is 0 Å². The average molecular weight is 265 g/mol.